The van der Waals surface area contributed by atoms with Gasteiger partial charge in [-0.1, -0.05) is 29.8 Å². The average Bonchev–Trinajstić information content (AvgIpc) is 2.69. The molecule has 1 aliphatic heterocycles. The maximum absolute atomic E-state index is 12.8. The topological polar surface area (TPSA) is 43.3 Å². The lowest BCUT2D eigenvalue weighted by Crippen LogP contribution is -2.31. The third-order valence-corrected chi connectivity index (χ3v) is 5.48. The van der Waals surface area contributed by atoms with Gasteiger partial charge in [-0.05, 0) is 53.4 Å². The monoisotopic (exact) mass is 380 g/mol. The van der Waals surface area contributed by atoms with Crippen LogP contribution in [-0.2, 0) is 13.0 Å². The van der Waals surface area contributed by atoms with E-state index in [-0.39, 0.29) is 5.56 Å². The molecule has 0 amide bonds. The summed E-state index contributed by atoms with van der Waals surface area (Å²) in [6.45, 7) is 3.62. The predicted molar refractivity (Wildman–Crippen MR) is 109 cm³/mol. The van der Waals surface area contributed by atoms with Crippen LogP contribution in [0.2, 0.25) is 5.02 Å². The van der Waals surface area contributed by atoms with Gasteiger partial charge in [-0.2, -0.15) is 0 Å². The van der Waals surface area contributed by atoms with Crippen LogP contribution in [-0.4, -0.2) is 18.2 Å². The largest absolute Gasteiger partial charge is 0.495 e. The van der Waals surface area contributed by atoms with Gasteiger partial charge < -0.3 is 10.1 Å². The number of pyridine rings is 1. The molecule has 5 heteroatoms. The van der Waals surface area contributed by atoms with E-state index in [9.17, 15) is 4.79 Å². The number of hydrogen-bond donors (Lipinski definition) is 1. The minimum absolute atomic E-state index is 0.0432. The second-order valence-corrected chi connectivity index (χ2v) is 7.16. The van der Waals surface area contributed by atoms with Gasteiger partial charge in [0.2, 0.25) is 0 Å². The number of nitrogens with zero attached hydrogens (tertiary/aromatic N) is 1. The molecule has 2 heterocycles. The van der Waals surface area contributed by atoms with Crippen molar-refractivity contribution >= 4 is 11.6 Å². The lowest BCUT2D eigenvalue weighted by atomic mass is 10.0. The highest BCUT2D eigenvalue weighted by molar-refractivity contribution is 6.31. The first-order valence-electron chi connectivity index (χ1n) is 8.98. The van der Waals surface area contributed by atoms with Crippen molar-refractivity contribution in [2.45, 2.75) is 19.9 Å². The maximum Gasteiger partial charge on any atom is 0.255 e. The number of hydrogen-bond acceptors (Lipinski definition) is 3. The Hall–Kier alpha value is -2.56. The zero-order chi connectivity index (χ0) is 19.0. The Morgan fingerprint density at radius 3 is 2.63 bits per heavy atom. The number of halogens is 1. The summed E-state index contributed by atoms with van der Waals surface area (Å²) in [5, 5.41) is 4.10. The maximum atomic E-state index is 12.8. The Bertz CT molecular complexity index is 1070. The van der Waals surface area contributed by atoms with Crippen molar-refractivity contribution in [3.05, 3.63) is 80.7 Å². The van der Waals surface area contributed by atoms with Crippen LogP contribution in [0.25, 0.3) is 16.8 Å². The van der Waals surface area contributed by atoms with Crippen LogP contribution >= 0.6 is 11.6 Å². The zero-order valence-electron chi connectivity index (χ0n) is 15.4. The van der Waals surface area contributed by atoms with Gasteiger partial charge in [-0.3, -0.25) is 9.36 Å². The molecule has 0 spiro atoms. The van der Waals surface area contributed by atoms with Crippen LogP contribution in [0.1, 0.15) is 16.8 Å². The summed E-state index contributed by atoms with van der Waals surface area (Å²) >= 11 is 6.17. The first kappa shape index (κ1) is 17.8. The summed E-state index contributed by atoms with van der Waals surface area (Å²) in [6, 6.07) is 15.4. The minimum Gasteiger partial charge on any atom is -0.495 e. The molecule has 0 unspecified atom stereocenters. The van der Waals surface area contributed by atoms with Crippen molar-refractivity contribution in [2.24, 2.45) is 0 Å². The lowest BCUT2D eigenvalue weighted by Gasteiger charge is -2.23. The SMILES string of the molecule is COc1ccc(-c2ccc(Cl)c(C)c2)cc1-n1c2c(ccc1=O)CNCC2. The van der Waals surface area contributed by atoms with Crippen LogP contribution in [0.4, 0.5) is 0 Å². The summed E-state index contributed by atoms with van der Waals surface area (Å²) in [4.78, 5) is 12.8. The highest BCUT2D eigenvalue weighted by Crippen LogP contribution is 2.32. The molecule has 3 aromatic rings. The number of ether oxygens (including phenoxy) is 1. The highest BCUT2D eigenvalue weighted by Gasteiger charge is 2.18. The van der Waals surface area contributed by atoms with Gasteiger partial charge in [0, 0.05) is 36.3 Å². The van der Waals surface area contributed by atoms with E-state index in [1.807, 2.05) is 43.3 Å². The molecule has 138 valence electrons. The zero-order valence-corrected chi connectivity index (χ0v) is 16.1. The number of nitrogens with one attached hydrogen (secondary N) is 1. The number of fused-ring (bicyclic) bond motifs is 1. The van der Waals surface area contributed by atoms with Gasteiger partial charge in [-0.15, -0.1) is 0 Å². The molecule has 1 N–H and O–H groups in total. The van der Waals surface area contributed by atoms with Gasteiger partial charge >= 0.3 is 0 Å². The first-order valence-corrected chi connectivity index (χ1v) is 9.36. The number of benzene rings is 2. The summed E-state index contributed by atoms with van der Waals surface area (Å²) in [6.07, 6.45) is 0.804. The Labute approximate surface area is 163 Å². The fourth-order valence-electron chi connectivity index (χ4n) is 3.62. The van der Waals surface area contributed by atoms with E-state index in [0.717, 1.165) is 58.2 Å². The molecule has 0 bridgehead atoms. The first-order chi connectivity index (χ1) is 13.1. The van der Waals surface area contributed by atoms with E-state index in [1.54, 1.807) is 17.7 Å². The van der Waals surface area contributed by atoms with Crippen molar-refractivity contribution in [1.29, 1.82) is 0 Å². The second kappa shape index (κ2) is 7.22. The second-order valence-electron chi connectivity index (χ2n) is 6.76. The molecule has 0 saturated heterocycles. The van der Waals surface area contributed by atoms with E-state index < -0.39 is 0 Å². The van der Waals surface area contributed by atoms with Gasteiger partial charge in [-0.25, -0.2) is 0 Å². The summed E-state index contributed by atoms with van der Waals surface area (Å²) < 4.78 is 7.38. The van der Waals surface area contributed by atoms with Gasteiger partial charge in [0.15, 0.2) is 0 Å². The minimum atomic E-state index is -0.0432. The quantitative estimate of drug-likeness (QED) is 0.743. The number of aromatic nitrogens is 1. The van der Waals surface area contributed by atoms with E-state index >= 15 is 0 Å². The Balaban J connectivity index is 1.93. The molecule has 27 heavy (non-hydrogen) atoms. The predicted octanol–water partition coefficient (Wildman–Crippen LogP) is 4.12. The van der Waals surface area contributed by atoms with Crippen molar-refractivity contribution in [1.82, 2.24) is 9.88 Å². The standard InChI is InChI=1S/C22H21ClN2O2/c1-14-11-15(3-6-18(14)23)16-4-7-21(27-2)20(12-16)25-19-9-10-24-13-17(19)5-8-22(25)26/h3-8,11-12,24H,9-10,13H2,1-2H3. The molecule has 0 atom stereocenters. The molecule has 0 radical (unpaired) electrons. The van der Waals surface area contributed by atoms with Crippen molar-refractivity contribution < 1.29 is 4.74 Å². The van der Waals surface area contributed by atoms with Crippen LogP contribution < -0.4 is 15.6 Å². The number of rotatable bonds is 3. The van der Waals surface area contributed by atoms with Gasteiger partial charge in [0.25, 0.3) is 5.56 Å². The Morgan fingerprint density at radius 1 is 1.07 bits per heavy atom. The molecule has 1 aliphatic rings. The third kappa shape index (κ3) is 3.27. The third-order valence-electron chi connectivity index (χ3n) is 5.05. The van der Waals surface area contributed by atoms with Crippen LogP contribution in [0, 0.1) is 6.92 Å². The van der Waals surface area contributed by atoms with Crippen LogP contribution in [0.15, 0.2) is 53.3 Å². The molecular formula is C22H21ClN2O2. The molecule has 1 aromatic heterocycles. The molecule has 0 fully saturated rings. The Kier molecular flexibility index (Phi) is 4.77. The normalized spacial score (nSPS) is 13.3. The number of aryl methyl sites for hydroxylation is 1. The fraction of sp³-hybridized carbons (Fsp3) is 0.227. The van der Waals surface area contributed by atoms with Crippen LogP contribution in [0.3, 0.4) is 0 Å². The Morgan fingerprint density at radius 2 is 1.85 bits per heavy atom. The van der Waals surface area contributed by atoms with Gasteiger partial charge in [0.1, 0.15) is 5.75 Å². The summed E-state index contributed by atoms with van der Waals surface area (Å²) in [7, 11) is 1.63. The average molecular weight is 381 g/mol. The molecule has 0 aliphatic carbocycles. The molecule has 4 rings (SSSR count). The van der Waals surface area contributed by atoms with Crippen molar-refractivity contribution in [2.75, 3.05) is 13.7 Å². The fourth-order valence-corrected chi connectivity index (χ4v) is 3.73. The molecular weight excluding hydrogens is 360 g/mol. The molecule has 0 saturated carbocycles. The van der Waals surface area contributed by atoms with Crippen LogP contribution in [0.5, 0.6) is 5.75 Å². The number of methoxy groups -OCH3 is 1. The molecule has 4 nitrogen and oxygen atoms in total. The smallest absolute Gasteiger partial charge is 0.255 e. The van der Waals surface area contributed by atoms with E-state index in [4.69, 9.17) is 16.3 Å². The lowest BCUT2D eigenvalue weighted by molar-refractivity contribution is 0.412. The highest BCUT2D eigenvalue weighted by atomic mass is 35.5. The van der Waals surface area contributed by atoms with Crippen molar-refractivity contribution in [3.8, 4) is 22.6 Å². The van der Waals surface area contributed by atoms with E-state index in [0.29, 0.717) is 5.75 Å². The molecule has 2 aromatic carbocycles. The summed E-state index contributed by atoms with van der Waals surface area (Å²) in [5.41, 5.74) is 6.01. The summed E-state index contributed by atoms with van der Waals surface area (Å²) in [5.74, 6) is 0.679. The van der Waals surface area contributed by atoms with E-state index in [2.05, 4.69) is 11.4 Å². The van der Waals surface area contributed by atoms with Gasteiger partial charge in [0.05, 0.1) is 12.8 Å². The van der Waals surface area contributed by atoms with Crippen molar-refractivity contribution in [3.63, 3.8) is 0 Å². The van der Waals surface area contributed by atoms with E-state index in [1.165, 1.54) is 0 Å².